The van der Waals surface area contributed by atoms with Gasteiger partial charge in [-0.3, -0.25) is 4.79 Å². The number of amides is 1. The van der Waals surface area contributed by atoms with Crippen LogP contribution in [0.2, 0.25) is 10.0 Å². The number of anilines is 1. The van der Waals surface area contributed by atoms with Gasteiger partial charge in [-0.1, -0.05) is 29.3 Å². The molecule has 2 aromatic rings. The van der Waals surface area contributed by atoms with Crippen molar-refractivity contribution >= 4 is 34.8 Å². The van der Waals surface area contributed by atoms with Gasteiger partial charge in [0.05, 0.1) is 5.02 Å². The van der Waals surface area contributed by atoms with E-state index in [-0.39, 0.29) is 5.91 Å². The second kappa shape index (κ2) is 4.82. The zero-order chi connectivity index (χ0) is 12.4. The van der Waals surface area contributed by atoms with Gasteiger partial charge in [0.1, 0.15) is 5.69 Å². The van der Waals surface area contributed by atoms with Gasteiger partial charge in [-0.05, 0) is 30.7 Å². The molecule has 0 bridgehead atoms. The van der Waals surface area contributed by atoms with E-state index in [1.165, 1.54) is 0 Å². The molecule has 5 heteroatoms. The van der Waals surface area contributed by atoms with Crippen molar-refractivity contribution in [3.63, 3.8) is 0 Å². The second-order valence-corrected chi connectivity index (χ2v) is 4.52. The number of aromatic amines is 1. The Bertz CT molecular complexity index is 563. The van der Waals surface area contributed by atoms with Gasteiger partial charge in [0.25, 0.3) is 5.91 Å². The van der Waals surface area contributed by atoms with Gasteiger partial charge < -0.3 is 10.3 Å². The van der Waals surface area contributed by atoms with Crippen LogP contribution in [-0.4, -0.2) is 10.9 Å². The summed E-state index contributed by atoms with van der Waals surface area (Å²) < 4.78 is 0. The highest BCUT2D eigenvalue weighted by atomic mass is 35.5. The van der Waals surface area contributed by atoms with Crippen LogP contribution in [0.25, 0.3) is 0 Å². The first kappa shape index (κ1) is 12.0. The average molecular weight is 269 g/mol. The Morgan fingerprint density at radius 3 is 2.65 bits per heavy atom. The number of carbonyl (C=O) groups excluding carboxylic acids is 1. The highest BCUT2D eigenvalue weighted by Crippen LogP contribution is 2.21. The van der Waals surface area contributed by atoms with Crippen molar-refractivity contribution in [2.45, 2.75) is 6.92 Å². The Morgan fingerprint density at radius 1 is 1.24 bits per heavy atom. The highest BCUT2D eigenvalue weighted by Gasteiger charge is 2.09. The van der Waals surface area contributed by atoms with Gasteiger partial charge >= 0.3 is 0 Å². The first-order chi connectivity index (χ1) is 8.06. The standard InChI is InChI=1S/C12H10Cl2N2O/c1-7-2-3-8(13)4-10(7)16-12(17)11-5-9(14)6-15-11/h2-6,15H,1H3,(H,16,17). The normalized spacial score (nSPS) is 10.3. The fourth-order valence-electron chi connectivity index (χ4n) is 1.42. The molecule has 0 fully saturated rings. The third-order valence-electron chi connectivity index (χ3n) is 2.34. The molecule has 0 spiro atoms. The summed E-state index contributed by atoms with van der Waals surface area (Å²) in [5.41, 5.74) is 2.04. The minimum absolute atomic E-state index is 0.248. The van der Waals surface area contributed by atoms with Crippen LogP contribution in [0.1, 0.15) is 16.1 Å². The summed E-state index contributed by atoms with van der Waals surface area (Å²) in [5.74, 6) is -0.248. The lowest BCUT2D eigenvalue weighted by molar-refractivity contribution is 0.102. The molecule has 17 heavy (non-hydrogen) atoms. The lowest BCUT2D eigenvalue weighted by Gasteiger charge is -2.07. The van der Waals surface area contributed by atoms with Crippen LogP contribution in [0.15, 0.2) is 30.5 Å². The SMILES string of the molecule is Cc1ccc(Cl)cc1NC(=O)c1cc(Cl)c[nH]1. The number of hydrogen-bond donors (Lipinski definition) is 2. The van der Waals surface area contributed by atoms with Crippen molar-refractivity contribution in [3.05, 3.63) is 51.8 Å². The number of carbonyl (C=O) groups is 1. The zero-order valence-corrected chi connectivity index (χ0v) is 10.6. The molecule has 1 heterocycles. The molecule has 0 aliphatic heterocycles. The Balaban J connectivity index is 2.21. The van der Waals surface area contributed by atoms with E-state index >= 15 is 0 Å². The topological polar surface area (TPSA) is 44.9 Å². The average Bonchev–Trinajstić information content (AvgIpc) is 2.70. The van der Waals surface area contributed by atoms with E-state index in [0.29, 0.717) is 21.4 Å². The van der Waals surface area contributed by atoms with E-state index in [0.717, 1.165) is 5.56 Å². The summed E-state index contributed by atoms with van der Waals surface area (Å²) in [5, 5.41) is 3.84. The van der Waals surface area contributed by atoms with Crippen molar-refractivity contribution in [1.29, 1.82) is 0 Å². The minimum atomic E-state index is -0.248. The Labute approximate surface area is 109 Å². The van der Waals surface area contributed by atoms with Gasteiger partial charge in [0.2, 0.25) is 0 Å². The Morgan fingerprint density at radius 2 is 2.00 bits per heavy atom. The van der Waals surface area contributed by atoms with E-state index in [9.17, 15) is 4.79 Å². The van der Waals surface area contributed by atoms with Crippen LogP contribution in [0, 0.1) is 6.92 Å². The number of aromatic nitrogens is 1. The summed E-state index contributed by atoms with van der Waals surface area (Å²) in [6.45, 7) is 1.90. The molecular formula is C12H10Cl2N2O. The zero-order valence-electron chi connectivity index (χ0n) is 9.05. The maximum Gasteiger partial charge on any atom is 0.272 e. The molecule has 1 aromatic heterocycles. The number of rotatable bonds is 2. The molecule has 0 aliphatic carbocycles. The third-order valence-corrected chi connectivity index (χ3v) is 2.79. The van der Waals surface area contributed by atoms with E-state index in [4.69, 9.17) is 23.2 Å². The predicted octanol–water partition coefficient (Wildman–Crippen LogP) is 3.88. The number of benzene rings is 1. The van der Waals surface area contributed by atoms with E-state index in [1.54, 1.807) is 24.4 Å². The molecule has 0 radical (unpaired) electrons. The molecular weight excluding hydrogens is 259 g/mol. The van der Waals surface area contributed by atoms with Crippen LogP contribution in [0.5, 0.6) is 0 Å². The van der Waals surface area contributed by atoms with Crippen molar-refractivity contribution in [3.8, 4) is 0 Å². The van der Waals surface area contributed by atoms with Crippen molar-refractivity contribution in [2.24, 2.45) is 0 Å². The van der Waals surface area contributed by atoms with E-state index in [2.05, 4.69) is 10.3 Å². The molecule has 0 atom stereocenters. The van der Waals surface area contributed by atoms with Crippen LogP contribution >= 0.6 is 23.2 Å². The molecule has 0 aliphatic rings. The molecule has 2 rings (SSSR count). The molecule has 0 saturated carbocycles. The monoisotopic (exact) mass is 268 g/mol. The first-order valence-electron chi connectivity index (χ1n) is 4.97. The lowest BCUT2D eigenvalue weighted by atomic mass is 10.2. The molecule has 88 valence electrons. The van der Waals surface area contributed by atoms with Gasteiger partial charge in [-0.15, -0.1) is 0 Å². The van der Waals surface area contributed by atoms with Crippen LogP contribution in [-0.2, 0) is 0 Å². The second-order valence-electron chi connectivity index (χ2n) is 3.64. The van der Waals surface area contributed by atoms with Crippen LogP contribution in [0.4, 0.5) is 5.69 Å². The minimum Gasteiger partial charge on any atom is -0.356 e. The van der Waals surface area contributed by atoms with Crippen molar-refractivity contribution in [1.82, 2.24) is 4.98 Å². The van der Waals surface area contributed by atoms with Gasteiger partial charge in [-0.25, -0.2) is 0 Å². The van der Waals surface area contributed by atoms with Crippen molar-refractivity contribution in [2.75, 3.05) is 5.32 Å². The quantitative estimate of drug-likeness (QED) is 0.853. The largest absolute Gasteiger partial charge is 0.356 e. The number of aryl methyl sites for hydroxylation is 1. The summed E-state index contributed by atoms with van der Waals surface area (Å²) in [7, 11) is 0. The lowest BCUT2D eigenvalue weighted by Crippen LogP contribution is -2.13. The maximum atomic E-state index is 11.8. The molecule has 3 nitrogen and oxygen atoms in total. The first-order valence-corrected chi connectivity index (χ1v) is 5.73. The van der Waals surface area contributed by atoms with Gasteiger partial charge in [0, 0.05) is 16.9 Å². The third kappa shape index (κ3) is 2.81. The number of H-pyrrole nitrogens is 1. The van der Waals surface area contributed by atoms with Crippen LogP contribution < -0.4 is 5.32 Å². The van der Waals surface area contributed by atoms with E-state index in [1.807, 2.05) is 13.0 Å². The summed E-state index contributed by atoms with van der Waals surface area (Å²) in [6, 6.07) is 6.90. The number of halogens is 2. The molecule has 2 N–H and O–H groups in total. The Hall–Kier alpha value is -1.45. The summed E-state index contributed by atoms with van der Waals surface area (Å²) in [6.07, 6.45) is 1.56. The maximum absolute atomic E-state index is 11.8. The van der Waals surface area contributed by atoms with Crippen molar-refractivity contribution < 1.29 is 4.79 Å². The molecule has 1 amide bonds. The predicted molar refractivity (Wildman–Crippen MR) is 69.9 cm³/mol. The summed E-state index contributed by atoms with van der Waals surface area (Å²) in [4.78, 5) is 14.6. The van der Waals surface area contributed by atoms with Gasteiger partial charge in [-0.2, -0.15) is 0 Å². The van der Waals surface area contributed by atoms with E-state index < -0.39 is 0 Å². The van der Waals surface area contributed by atoms with Gasteiger partial charge in [0.15, 0.2) is 0 Å². The fourth-order valence-corrected chi connectivity index (χ4v) is 1.75. The summed E-state index contributed by atoms with van der Waals surface area (Å²) >= 11 is 11.6. The fraction of sp³-hybridized carbons (Fsp3) is 0.0833. The number of nitrogens with one attached hydrogen (secondary N) is 2. The highest BCUT2D eigenvalue weighted by molar-refractivity contribution is 6.31. The Kier molecular flexibility index (Phi) is 3.41. The smallest absolute Gasteiger partial charge is 0.272 e. The van der Waals surface area contributed by atoms with Crippen LogP contribution in [0.3, 0.4) is 0 Å². The molecule has 1 aromatic carbocycles. The molecule has 0 saturated heterocycles. The molecule has 0 unspecified atom stereocenters. The number of hydrogen-bond acceptors (Lipinski definition) is 1.